The largest absolute Gasteiger partial charge is 1.00 e. The van der Waals surface area contributed by atoms with E-state index in [2.05, 4.69) is 0 Å². The Morgan fingerprint density at radius 1 is 1.00 bits per heavy atom. The van der Waals surface area contributed by atoms with Crippen LogP contribution in [0.15, 0.2) is 41.3 Å². The van der Waals surface area contributed by atoms with Crippen molar-refractivity contribution >= 4 is 26.6 Å². The van der Waals surface area contributed by atoms with E-state index in [1.165, 1.54) is 12.1 Å². The molecule has 0 radical (unpaired) electrons. The fraction of sp³-hybridized carbons (Fsp3) is 0. The van der Waals surface area contributed by atoms with Crippen LogP contribution in [0.1, 0.15) is 0 Å². The number of hydrogen-bond acceptors (Lipinski definition) is 3. The normalized spacial score (nSPS) is 11.1. The first-order chi connectivity index (χ1) is 6.97. The minimum atomic E-state index is -4.15. The van der Waals surface area contributed by atoms with Gasteiger partial charge in [0.1, 0.15) is 0 Å². The van der Waals surface area contributed by atoms with Crippen molar-refractivity contribution in [3.63, 3.8) is 0 Å². The van der Waals surface area contributed by atoms with E-state index in [-0.39, 0.29) is 34.5 Å². The maximum Gasteiger partial charge on any atom is 1.00 e. The van der Waals surface area contributed by atoms with Gasteiger partial charge < -0.3 is 5.73 Å². The van der Waals surface area contributed by atoms with Crippen LogP contribution in [0, 0.1) is 0 Å². The van der Waals surface area contributed by atoms with Crippen molar-refractivity contribution < 1.29 is 42.5 Å². The van der Waals surface area contributed by atoms with Gasteiger partial charge in [0.2, 0.25) is 0 Å². The molecule has 0 aliphatic carbocycles. The number of rotatable bonds is 1. The van der Waals surface area contributed by atoms with Gasteiger partial charge in [-0.15, -0.1) is 0 Å². The van der Waals surface area contributed by atoms with Crippen LogP contribution in [0.2, 0.25) is 0 Å². The van der Waals surface area contributed by atoms with Crippen LogP contribution < -0.4 is 35.3 Å². The predicted octanol–water partition coefficient (Wildman–Crippen LogP) is -1.33. The third kappa shape index (κ3) is 2.75. The van der Waals surface area contributed by atoms with Crippen molar-refractivity contribution in [2.75, 3.05) is 5.73 Å². The Labute approximate surface area is 115 Å². The zero-order chi connectivity index (χ0) is 11.1. The van der Waals surface area contributed by atoms with Crippen LogP contribution in [0.4, 0.5) is 5.69 Å². The van der Waals surface area contributed by atoms with Crippen molar-refractivity contribution in [2.45, 2.75) is 4.90 Å². The maximum absolute atomic E-state index is 10.9. The molecule has 0 amide bonds. The van der Waals surface area contributed by atoms with Gasteiger partial charge in [-0.3, -0.25) is 4.55 Å². The van der Waals surface area contributed by atoms with Gasteiger partial charge in [-0.25, -0.2) is 0 Å². The van der Waals surface area contributed by atoms with Crippen molar-refractivity contribution in [1.82, 2.24) is 0 Å². The third-order valence-electron chi connectivity index (χ3n) is 2.13. The molecule has 3 N–H and O–H groups in total. The second-order valence-electron chi connectivity index (χ2n) is 3.24. The van der Waals surface area contributed by atoms with Crippen LogP contribution in [-0.4, -0.2) is 13.0 Å². The van der Waals surface area contributed by atoms with Crippen LogP contribution >= 0.6 is 0 Å². The van der Waals surface area contributed by atoms with Gasteiger partial charge in [-0.1, -0.05) is 12.1 Å². The summed E-state index contributed by atoms with van der Waals surface area (Å²) >= 11 is 0. The Balaban J connectivity index is 0.00000128. The zero-order valence-corrected chi connectivity index (χ0v) is 11.5. The first-order valence-corrected chi connectivity index (χ1v) is 5.67. The van der Waals surface area contributed by atoms with Crippen LogP contribution in [0.3, 0.4) is 0 Å². The summed E-state index contributed by atoms with van der Waals surface area (Å²) in [5.74, 6) is 0. The van der Waals surface area contributed by atoms with Gasteiger partial charge in [-0.05, 0) is 35.0 Å². The van der Waals surface area contributed by atoms with E-state index in [0.717, 1.165) is 5.39 Å². The first-order valence-electron chi connectivity index (χ1n) is 4.23. The Bertz CT molecular complexity index is 625. The van der Waals surface area contributed by atoms with E-state index in [1.54, 1.807) is 24.3 Å². The molecule has 0 aromatic heterocycles. The molecular formula is C10H9NNaO3S+. The summed E-state index contributed by atoms with van der Waals surface area (Å²) in [6, 6.07) is 9.55. The Hall–Kier alpha value is -0.590. The molecular weight excluding hydrogens is 237 g/mol. The smallest absolute Gasteiger partial charge is 0.399 e. The summed E-state index contributed by atoms with van der Waals surface area (Å²) in [6.07, 6.45) is 0. The summed E-state index contributed by atoms with van der Waals surface area (Å²) in [6.45, 7) is 0. The first kappa shape index (κ1) is 13.5. The Morgan fingerprint density at radius 3 is 2.25 bits per heavy atom. The van der Waals surface area contributed by atoms with Gasteiger partial charge in [0.05, 0.1) is 4.90 Å². The topological polar surface area (TPSA) is 80.4 Å². The second kappa shape index (κ2) is 4.73. The molecule has 0 saturated heterocycles. The summed E-state index contributed by atoms with van der Waals surface area (Å²) in [5.41, 5.74) is 6.12. The van der Waals surface area contributed by atoms with Crippen LogP contribution in [-0.2, 0) is 10.1 Å². The average molecular weight is 246 g/mol. The van der Waals surface area contributed by atoms with Crippen LogP contribution in [0.5, 0.6) is 0 Å². The molecule has 2 aromatic rings. The number of fused-ring (bicyclic) bond motifs is 1. The van der Waals surface area contributed by atoms with E-state index >= 15 is 0 Å². The molecule has 0 aliphatic heterocycles. The number of nitrogens with two attached hydrogens (primary N) is 1. The molecule has 0 atom stereocenters. The molecule has 0 aliphatic rings. The second-order valence-corrected chi connectivity index (χ2v) is 4.66. The molecule has 0 saturated carbocycles. The molecule has 4 nitrogen and oxygen atoms in total. The van der Waals surface area contributed by atoms with E-state index in [0.29, 0.717) is 11.1 Å². The van der Waals surface area contributed by atoms with Gasteiger partial charge in [0, 0.05) is 5.69 Å². The number of benzene rings is 2. The number of anilines is 1. The molecule has 0 unspecified atom stereocenters. The van der Waals surface area contributed by atoms with Gasteiger partial charge in [-0.2, -0.15) is 8.42 Å². The van der Waals surface area contributed by atoms with Crippen molar-refractivity contribution in [3.8, 4) is 0 Å². The van der Waals surface area contributed by atoms with E-state index in [4.69, 9.17) is 10.3 Å². The van der Waals surface area contributed by atoms with Gasteiger partial charge in [0.25, 0.3) is 10.1 Å². The van der Waals surface area contributed by atoms with Gasteiger partial charge in [0.15, 0.2) is 0 Å². The SMILES string of the molecule is Nc1ccc2ccc(S(=O)(=O)O)cc2c1.[Na+]. The number of hydrogen-bond donors (Lipinski definition) is 2. The van der Waals surface area contributed by atoms with Crippen molar-refractivity contribution in [1.29, 1.82) is 0 Å². The molecule has 0 bridgehead atoms. The predicted molar refractivity (Wildman–Crippen MR) is 58.2 cm³/mol. The average Bonchev–Trinajstić information content (AvgIpc) is 2.15. The fourth-order valence-corrected chi connectivity index (χ4v) is 1.92. The molecule has 0 heterocycles. The van der Waals surface area contributed by atoms with E-state index < -0.39 is 10.1 Å². The Morgan fingerprint density at radius 2 is 1.62 bits per heavy atom. The summed E-state index contributed by atoms with van der Waals surface area (Å²) < 4.78 is 30.6. The summed E-state index contributed by atoms with van der Waals surface area (Å²) in [7, 11) is -4.15. The molecule has 2 aromatic carbocycles. The quantitative estimate of drug-likeness (QED) is 0.371. The molecule has 6 heteroatoms. The summed E-state index contributed by atoms with van der Waals surface area (Å²) in [5, 5.41) is 1.56. The monoisotopic (exact) mass is 246 g/mol. The van der Waals surface area contributed by atoms with Crippen LogP contribution in [0.25, 0.3) is 10.8 Å². The molecule has 16 heavy (non-hydrogen) atoms. The number of nitrogen functional groups attached to an aromatic ring is 1. The molecule has 0 fully saturated rings. The molecule has 2 rings (SSSR count). The molecule has 0 spiro atoms. The zero-order valence-electron chi connectivity index (χ0n) is 8.71. The molecule has 78 valence electrons. The third-order valence-corrected chi connectivity index (χ3v) is 2.98. The van der Waals surface area contributed by atoms with Crippen molar-refractivity contribution in [3.05, 3.63) is 36.4 Å². The standard InChI is InChI=1S/C10H9NO3S.Na/c11-9-3-1-7-2-4-10(15(12,13)14)6-8(7)5-9;/h1-6H,11H2,(H,12,13,14);/q;+1. The minimum absolute atomic E-state index is 0. The Kier molecular flexibility index (Phi) is 3.98. The fourth-order valence-electron chi connectivity index (χ4n) is 1.40. The minimum Gasteiger partial charge on any atom is -0.399 e. The maximum atomic E-state index is 10.9. The van der Waals surface area contributed by atoms with Gasteiger partial charge >= 0.3 is 29.6 Å². The van der Waals surface area contributed by atoms with E-state index in [1.807, 2.05) is 0 Å². The summed E-state index contributed by atoms with van der Waals surface area (Å²) in [4.78, 5) is -0.124. The van der Waals surface area contributed by atoms with E-state index in [9.17, 15) is 8.42 Å². The van der Waals surface area contributed by atoms with Crippen molar-refractivity contribution in [2.24, 2.45) is 0 Å².